The summed E-state index contributed by atoms with van der Waals surface area (Å²) in [5.74, 6) is 0.230. The molecular formula is C16H24ClN3O. The minimum absolute atomic E-state index is 0.0826. The minimum Gasteiger partial charge on any atom is -0.354 e. The Hall–Kier alpha value is -1.10. The summed E-state index contributed by atoms with van der Waals surface area (Å²) in [5.41, 5.74) is 1.05. The lowest BCUT2D eigenvalue weighted by atomic mass is 9.98. The van der Waals surface area contributed by atoms with Crippen LogP contribution in [0.15, 0.2) is 24.3 Å². The Bertz CT molecular complexity index is 472. The lowest BCUT2D eigenvalue weighted by Crippen LogP contribution is -2.43. The fraction of sp³-hybridized carbons (Fsp3) is 0.562. The molecule has 2 atom stereocenters. The largest absolute Gasteiger partial charge is 0.354 e. The highest BCUT2D eigenvalue weighted by Gasteiger charge is 2.23. The van der Waals surface area contributed by atoms with E-state index in [1.165, 1.54) is 0 Å². The van der Waals surface area contributed by atoms with Crippen LogP contribution in [0.1, 0.15) is 24.4 Å². The number of carbonyl (C=O) groups is 1. The van der Waals surface area contributed by atoms with Gasteiger partial charge in [-0.05, 0) is 45.1 Å². The monoisotopic (exact) mass is 309 g/mol. The van der Waals surface area contributed by atoms with Crippen LogP contribution in [0.5, 0.6) is 0 Å². The Morgan fingerprint density at radius 2 is 2.24 bits per heavy atom. The van der Waals surface area contributed by atoms with E-state index in [4.69, 9.17) is 11.6 Å². The quantitative estimate of drug-likeness (QED) is 0.875. The number of benzene rings is 1. The van der Waals surface area contributed by atoms with E-state index in [9.17, 15) is 4.79 Å². The van der Waals surface area contributed by atoms with Gasteiger partial charge in [-0.25, -0.2) is 0 Å². The molecule has 0 aromatic heterocycles. The molecule has 5 heteroatoms. The fourth-order valence-electron chi connectivity index (χ4n) is 2.73. The molecule has 2 rings (SSSR count). The van der Waals surface area contributed by atoms with Gasteiger partial charge in [-0.1, -0.05) is 29.8 Å². The van der Waals surface area contributed by atoms with Crippen molar-refractivity contribution in [2.75, 3.05) is 33.7 Å². The number of piperidine rings is 1. The molecule has 1 fully saturated rings. The number of halogens is 1. The first-order chi connectivity index (χ1) is 10.1. The molecule has 21 heavy (non-hydrogen) atoms. The Labute approximate surface area is 131 Å². The van der Waals surface area contributed by atoms with Crippen LogP contribution < -0.4 is 10.6 Å². The maximum absolute atomic E-state index is 12.2. The maximum Gasteiger partial charge on any atom is 0.224 e. The van der Waals surface area contributed by atoms with E-state index in [0.717, 1.165) is 36.5 Å². The summed E-state index contributed by atoms with van der Waals surface area (Å²) in [6.07, 6.45) is 2.04. The molecule has 0 bridgehead atoms. The van der Waals surface area contributed by atoms with E-state index in [0.29, 0.717) is 6.54 Å². The molecule has 0 spiro atoms. The highest BCUT2D eigenvalue weighted by Crippen LogP contribution is 2.25. The lowest BCUT2D eigenvalue weighted by molar-refractivity contribution is -0.125. The summed E-state index contributed by atoms with van der Waals surface area (Å²) >= 11 is 6.28. The van der Waals surface area contributed by atoms with E-state index in [1.807, 2.05) is 38.4 Å². The summed E-state index contributed by atoms with van der Waals surface area (Å²) in [7, 11) is 4.00. The van der Waals surface area contributed by atoms with Gasteiger partial charge in [0.05, 0.1) is 12.0 Å². The van der Waals surface area contributed by atoms with Crippen LogP contribution in [0.25, 0.3) is 0 Å². The van der Waals surface area contributed by atoms with Gasteiger partial charge in [0.1, 0.15) is 0 Å². The Kier molecular flexibility index (Phi) is 6.03. The summed E-state index contributed by atoms with van der Waals surface area (Å²) in [5, 5.41) is 7.10. The van der Waals surface area contributed by atoms with Gasteiger partial charge in [-0.2, -0.15) is 0 Å². The second kappa shape index (κ2) is 7.78. The van der Waals surface area contributed by atoms with Gasteiger partial charge < -0.3 is 15.5 Å². The van der Waals surface area contributed by atoms with Crippen molar-refractivity contribution in [3.8, 4) is 0 Å². The highest BCUT2D eigenvalue weighted by molar-refractivity contribution is 6.31. The average Bonchev–Trinajstić information content (AvgIpc) is 2.49. The predicted octanol–water partition coefficient (Wildman–Crippen LogP) is 2.06. The van der Waals surface area contributed by atoms with Crippen LogP contribution in [0, 0.1) is 5.92 Å². The van der Waals surface area contributed by atoms with Gasteiger partial charge in [0.15, 0.2) is 0 Å². The smallest absolute Gasteiger partial charge is 0.224 e. The molecule has 0 radical (unpaired) electrons. The van der Waals surface area contributed by atoms with Crippen molar-refractivity contribution >= 4 is 17.5 Å². The molecule has 1 aromatic carbocycles. The predicted molar refractivity (Wildman–Crippen MR) is 86.5 cm³/mol. The molecule has 2 N–H and O–H groups in total. The van der Waals surface area contributed by atoms with Crippen LogP contribution in [0.4, 0.5) is 0 Å². The summed E-state index contributed by atoms with van der Waals surface area (Å²) in [4.78, 5) is 14.3. The van der Waals surface area contributed by atoms with Gasteiger partial charge in [0.25, 0.3) is 0 Å². The number of hydrogen-bond donors (Lipinski definition) is 2. The van der Waals surface area contributed by atoms with Crippen LogP contribution >= 0.6 is 11.6 Å². The van der Waals surface area contributed by atoms with Crippen molar-refractivity contribution in [2.24, 2.45) is 5.92 Å². The third kappa shape index (κ3) is 4.43. The van der Waals surface area contributed by atoms with E-state index in [2.05, 4.69) is 15.5 Å². The number of nitrogens with zero attached hydrogens (tertiary/aromatic N) is 1. The van der Waals surface area contributed by atoms with Gasteiger partial charge in [0, 0.05) is 18.1 Å². The van der Waals surface area contributed by atoms with Crippen molar-refractivity contribution in [1.82, 2.24) is 15.5 Å². The Morgan fingerprint density at radius 3 is 2.86 bits per heavy atom. The summed E-state index contributed by atoms with van der Waals surface area (Å²) in [6.45, 7) is 2.38. The maximum atomic E-state index is 12.2. The molecule has 1 saturated heterocycles. The number of carbonyl (C=O) groups excluding carboxylic acids is 1. The van der Waals surface area contributed by atoms with Crippen molar-refractivity contribution in [3.63, 3.8) is 0 Å². The zero-order chi connectivity index (χ0) is 15.2. The topological polar surface area (TPSA) is 44.4 Å². The van der Waals surface area contributed by atoms with E-state index < -0.39 is 0 Å². The van der Waals surface area contributed by atoms with Gasteiger partial charge >= 0.3 is 0 Å². The van der Waals surface area contributed by atoms with E-state index in [1.54, 1.807) is 0 Å². The number of nitrogens with one attached hydrogen (secondary N) is 2. The highest BCUT2D eigenvalue weighted by atomic mass is 35.5. The summed E-state index contributed by atoms with van der Waals surface area (Å²) in [6, 6.07) is 7.89. The van der Waals surface area contributed by atoms with E-state index in [-0.39, 0.29) is 17.9 Å². The third-order valence-corrected chi connectivity index (χ3v) is 4.37. The van der Waals surface area contributed by atoms with Gasteiger partial charge in [-0.3, -0.25) is 4.79 Å². The van der Waals surface area contributed by atoms with Gasteiger partial charge in [0.2, 0.25) is 5.91 Å². The number of likely N-dealkylation sites (N-methyl/N-ethyl adjacent to an activating group) is 1. The number of hydrogen-bond acceptors (Lipinski definition) is 3. The molecule has 1 aromatic rings. The molecule has 1 heterocycles. The molecule has 1 aliphatic heterocycles. The Balaban J connectivity index is 1.97. The van der Waals surface area contributed by atoms with Crippen molar-refractivity contribution in [2.45, 2.75) is 18.9 Å². The third-order valence-electron chi connectivity index (χ3n) is 4.02. The molecule has 116 valence electrons. The molecule has 0 aliphatic carbocycles. The average molecular weight is 310 g/mol. The normalized spacial score (nSPS) is 20.3. The second-order valence-electron chi connectivity index (χ2n) is 5.79. The molecule has 0 saturated carbocycles. The van der Waals surface area contributed by atoms with Gasteiger partial charge in [-0.15, -0.1) is 0 Å². The number of amides is 1. The number of rotatable bonds is 5. The minimum atomic E-state index is 0.0826. The second-order valence-corrected chi connectivity index (χ2v) is 6.20. The molecule has 2 unspecified atom stereocenters. The van der Waals surface area contributed by atoms with Crippen LogP contribution in [-0.4, -0.2) is 44.5 Å². The first-order valence-corrected chi connectivity index (χ1v) is 7.86. The van der Waals surface area contributed by atoms with Crippen LogP contribution in [0.3, 0.4) is 0 Å². The van der Waals surface area contributed by atoms with Crippen molar-refractivity contribution in [3.05, 3.63) is 34.9 Å². The molecule has 1 amide bonds. The Morgan fingerprint density at radius 1 is 1.48 bits per heavy atom. The zero-order valence-corrected chi connectivity index (χ0v) is 13.5. The first kappa shape index (κ1) is 16.3. The van der Waals surface area contributed by atoms with Crippen molar-refractivity contribution in [1.29, 1.82) is 0 Å². The van der Waals surface area contributed by atoms with E-state index >= 15 is 0 Å². The molecule has 1 aliphatic rings. The zero-order valence-electron chi connectivity index (χ0n) is 12.7. The first-order valence-electron chi connectivity index (χ1n) is 7.49. The standard InChI is InChI=1S/C16H24ClN3O/c1-20(2)15(13-7-3-4-8-14(13)17)11-19-16(21)12-6-5-9-18-10-12/h3-4,7-8,12,15,18H,5-6,9-11H2,1-2H3,(H,19,21). The van der Waals surface area contributed by atoms with Crippen molar-refractivity contribution < 1.29 is 4.79 Å². The lowest BCUT2D eigenvalue weighted by Gasteiger charge is -2.28. The summed E-state index contributed by atoms with van der Waals surface area (Å²) < 4.78 is 0. The van der Waals surface area contributed by atoms with Crippen LogP contribution in [0.2, 0.25) is 5.02 Å². The van der Waals surface area contributed by atoms with Crippen LogP contribution in [-0.2, 0) is 4.79 Å². The molecule has 4 nitrogen and oxygen atoms in total. The molecular weight excluding hydrogens is 286 g/mol. The SMILES string of the molecule is CN(C)C(CNC(=O)C1CCCNC1)c1ccccc1Cl. The fourth-order valence-corrected chi connectivity index (χ4v) is 2.99.